The molecule has 0 spiro atoms. The van der Waals surface area contributed by atoms with Crippen LogP contribution < -0.4 is 15.4 Å². The van der Waals surface area contributed by atoms with Crippen molar-refractivity contribution in [3.63, 3.8) is 0 Å². The van der Waals surface area contributed by atoms with E-state index in [-0.39, 0.29) is 11.4 Å². The SMILES string of the molecule is CC(C)(C)NCCNC(=O)c1ccc(NS(C)(=O)=O)cc1. The topological polar surface area (TPSA) is 87.3 Å². The van der Waals surface area contributed by atoms with E-state index in [2.05, 4.69) is 36.1 Å². The Morgan fingerprint density at radius 2 is 1.67 bits per heavy atom. The first kappa shape index (κ1) is 17.5. The van der Waals surface area contributed by atoms with Crippen LogP contribution in [0.15, 0.2) is 24.3 Å². The maximum atomic E-state index is 11.9. The summed E-state index contributed by atoms with van der Waals surface area (Å²) in [5.74, 6) is -0.184. The molecule has 21 heavy (non-hydrogen) atoms. The Morgan fingerprint density at radius 3 is 2.14 bits per heavy atom. The number of sulfonamides is 1. The van der Waals surface area contributed by atoms with E-state index in [0.29, 0.717) is 24.3 Å². The first-order chi connectivity index (χ1) is 9.57. The van der Waals surface area contributed by atoms with Crippen LogP contribution in [0.5, 0.6) is 0 Å². The van der Waals surface area contributed by atoms with Gasteiger partial charge in [-0.25, -0.2) is 8.42 Å². The summed E-state index contributed by atoms with van der Waals surface area (Å²) in [5.41, 5.74) is 0.942. The summed E-state index contributed by atoms with van der Waals surface area (Å²) in [6.07, 6.45) is 1.08. The Balaban J connectivity index is 2.48. The second-order valence-electron chi connectivity index (χ2n) is 5.88. The Labute approximate surface area is 126 Å². The molecule has 0 aliphatic carbocycles. The fraction of sp³-hybridized carbons (Fsp3) is 0.500. The molecule has 0 radical (unpaired) electrons. The Bertz CT molecular complexity index is 574. The average molecular weight is 313 g/mol. The summed E-state index contributed by atoms with van der Waals surface area (Å²) in [5, 5.41) is 6.07. The molecular weight excluding hydrogens is 290 g/mol. The number of anilines is 1. The van der Waals surface area contributed by atoms with Crippen LogP contribution in [0.4, 0.5) is 5.69 Å². The third-order valence-electron chi connectivity index (χ3n) is 2.52. The molecule has 0 heterocycles. The number of benzene rings is 1. The zero-order valence-electron chi connectivity index (χ0n) is 12.9. The highest BCUT2D eigenvalue weighted by Crippen LogP contribution is 2.10. The highest BCUT2D eigenvalue weighted by Gasteiger charge is 2.09. The van der Waals surface area contributed by atoms with Crippen molar-refractivity contribution in [2.24, 2.45) is 0 Å². The van der Waals surface area contributed by atoms with E-state index >= 15 is 0 Å². The van der Waals surface area contributed by atoms with Gasteiger partial charge in [-0.1, -0.05) is 0 Å². The fourth-order valence-electron chi connectivity index (χ4n) is 1.62. The van der Waals surface area contributed by atoms with Crippen molar-refractivity contribution >= 4 is 21.6 Å². The highest BCUT2D eigenvalue weighted by molar-refractivity contribution is 7.92. The second-order valence-corrected chi connectivity index (χ2v) is 7.63. The molecule has 0 bridgehead atoms. The lowest BCUT2D eigenvalue weighted by Crippen LogP contribution is -2.41. The number of hydrogen-bond acceptors (Lipinski definition) is 4. The lowest BCUT2D eigenvalue weighted by molar-refractivity contribution is 0.0953. The van der Waals surface area contributed by atoms with Crippen LogP contribution >= 0.6 is 0 Å². The lowest BCUT2D eigenvalue weighted by Gasteiger charge is -2.20. The molecule has 1 rings (SSSR count). The van der Waals surface area contributed by atoms with Gasteiger partial charge in [0.15, 0.2) is 0 Å². The number of hydrogen-bond donors (Lipinski definition) is 3. The van der Waals surface area contributed by atoms with Gasteiger partial charge in [0, 0.05) is 29.9 Å². The van der Waals surface area contributed by atoms with Crippen LogP contribution in [0.1, 0.15) is 31.1 Å². The quantitative estimate of drug-likeness (QED) is 0.688. The van der Waals surface area contributed by atoms with Crippen LogP contribution in [0.25, 0.3) is 0 Å². The molecule has 3 N–H and O–H groups in total. The van der Waals surface area contributed by atoms with Crippen molar-refractivity contribution in [2.45, 2.75) is 26.3 Å². The van der Waals surface area contributed by atoms with Gasteiger partial charge in [0.05, 0.1) is 6.26 Å². The lowest BCUT2D eigenvalue weighted by atomic mass is 10.1. The predicted octanol–water partition coefficient (Wildman–Crippen LogP) is 1.18. The first-order valence-corrected chi connectivity index (χ1v) is 8.57. The van der Waals surface area contributed by atoms with Crippen LogP contribution in [0, 0.1) is 0 Å². The molecule has 0 unspecified atom stereocenters. The van der Waals surface area contributed by atoms with Gasteiger partial charge >= 0.3 is 0 Å². The van der Waals surface area contributed by atoms with E-state index in [0.717, 1.165) is 6.26 Å². The third kappa shape index (κ3) is 7.67. The van der Waals surface area contributed by atoms with Gasteiger partial charge in [0.25, 0.3) is 5.91 Å². The molecule has 0 atom stereocenters. The Hall–Kier alpha value is -1.60. The van der Waals surface area contributed by atoms with Crippen LogP contribution in [-0.2, 0) is 10.0 Å². The summed E-state index contributed by atoms with van der Waals surface area (Å²) >= 11 is 0. The minimum Gasteiger partial charge on any atom is -0.351 e. The maximum Gasteiger partial charge on any atom is 0.251 e. The van der Waals surface area contributed by atoms with E-state index < -0.39 is 10.0 Å². The smallest absolute Gasteiger partial charge is 0.251 e. The maximum absolute atomic E-state index is 11.9. The van der Waals surface area contributed by atoms with Crippen molar-refractivity contribution < 1.29 is 13.2 Å². The minimum atomic E-state index is -3.30. The van der Waals surface area contributed by atoms with E-state index in [1.807, 2.05) is 0 Å². The standard InChI is InChI=1S/C14H23N3O3S/c1-14(2,3)16-10-9-15-13(18)11-5-7-12(8-6-11)17-21(4,19)20/h5-8,16-17H,9-10H2,1-4H3,(H,15,18). The summed E-state index contributed by atoms with van der Waals surface area (Å²) in [4.78, 5) is 11.9. The Morgan fingerprint density at radius 1 is 1.10 bits per heavy atom. The predicted molar refractivity (Wildman–Crippen MR) is 85.0 cm³/mol. The van der Waals surface area contributed by atoms with Gasteiger partial charge in [-0.3, -0.25) is 9.52 Å². The fourth-order valence-corrected chi connectivity index (χ4v) is 2.18. The van der Waals surface area contributed by atoms with Gasteiger partial charge in [0.1, 0.15) is 0 Å². The number of nitrogens with one attached hydrogen (secondary N) is 3. The van der Waals surface area contributed by atoms with Gasteiger partial charge < -0.3 is 10.6 Å². The molecule has 0 saturated heterocycles. The molecule has 1 amide bonds. The molecule has 118 valence electrons. The van der Waals surface area contributed by atoms with E-state index in [1.54, 1.807) is 24.3 Å². The molecule has 0 aliphatic rings. The summed E-state index contributed by atoms with van der Waals surface area (Å²) in [6.45, 7) is 7.38. The van der Waals surface area contributed by atoms with Crippen molar-refractivity contribution in [3.8, 4) is 0 Å². The molecule has 7 heteroatoms. The number of rotatable bonds is 6. The molecule has 0 fully saturated rings. The highest BCUT2D eigenvalue weighted by atomic mass is 32.2. The van der Waals surface area contributed by atoms with Gasteiger partial charge in [0.2, 0.25) is 10.0 Å². The van der Waals surface area contributed by atoms with Crippen molar-refractivity contribution in [3.05, 3.63) is 29.8 Å². The number of carbonyl (C=O) groups is 1. The molecular formula is C14H23N3O3S. The summed E-state index contributed by atoms with van der Waals surface area (Å²) < 4.78 is 24.5. The molecule has 0 aromatic heterocycles. The average Bonchev–Trinajstić information content (AvgIpc) is 2.32. The summed E-state index contributed by atoms with van der Waals surface area (Å²) in [6, 6.07) is 6.28. The van der Waals surface area contributed by atoms with Crippen molar-refractivity contribution in [1.29, 1.82) is 0 Å². The second kappa shape index (κ2) is 6.91. The molecule has 6 nitrogen and oxygen atoms in total. The molecule has 1 aromatic rings. The van der Waals surface area contributed by atoms with E-state index in [1.165, 1.54) is 0 Å². The third-order valence-corrected chi connectivity index (χ3v) is 3.12. The van der Waals surface area contributed by atoms with Crippen LogP contribution in [0.2, 0.25) is 0 Å². The van der Waals surface area contributed by atoms with Gasteiger partial charge in [-0.15, -0.1) is 0 Å². The molecule has 1 aromatic carbocycles. The van der Waals surface area contributed by atoms with Crippen LogP contribution in [-0.4, -0.2) is 39.2 Å². The monoisotopic (exact) mass is 313 g/mol. The largest absolute Gasteiger partial charge is 0.351 e. The zero-order chi connectivity index (χ0) is 16.1. The molecule has 0 aliphatic heterocycles. The van der Waals surface area contributed by atoms with Crippen molar-refractivity contribution in [2.75, 3.05) is 24.1 Å². The Kier molecular flexibility index (Phi) is 5.74. The zero-order valence-corrected chi connectivity index (χ0v) is 13.7. The normalized spacial score (nSPS) is 12.0. The van der Waals surface area contributed by atoms with Crippen LogP contribution in [0.3, 0.4) is 0 Å². The summed E-state index contributed by atoms with van der Waals surface area (Å²) in [7, 11) is -3.30. The van der Waals surface area contributed by atoms with E-state index in [4.69, 9.17) is 0 Å². The molecule has 0 saturated carbocycles. The minimum absolute atomic E-state index is 0.0175. The van der Waals surface area contributed by atoms with Gasteiger partial charge in [-0.2, -0.15) is 0 Å². The number of amides is 1. The number of carbonyl (C=O) groups excluding carboxylic acids is 1. The van der Waals surface area contributed by atoms with Crippen molar-refractivity contribution in [1.82, 2.24) is 10.6 Å². The van der Waals surface area contributed by atoms with Gasteiger partial charge in [-0.05, 0) is 45.0 Å². The van der Waals surface area contributed by atoms with E-state index in [9.17, 15) is 13.2 Å². The first-order valence-electron chi connectivity index (χ1n) is 6.68.